The van der Waals surface area contributed by atoms with Crippen LogP contribution in [0.15, 0.2) is 58.7 Å². The molecule has 0 aromatic heterocycles. The van der Waals surface area contributed by atoms with Gasteiger partial charge in [0.25, 0.3) is 0 Å². The normalized spacial score (nSPS) is 17.2. The largest absolute Gasteiger partial charge is 0.477 e. The van der Waals surface area contributed by atoms with Crippen molar-refractivity contribution >= 4 is 11.9 Å². The van der Waals surface area contributed by atoms with E-state index in [4.69, 9.17) is 9.47 Å². The average Bonchev–Trinajstić information content (AvgIpc) is 2.95. The molecule has 4 nitrogen and oxygen atoms in total. The van der Waals surface area contributed by atoms with Crippen LogP contribution in [0.2, 0.25) is 0 Å². The van der Waals surface area contributed by atoms with Crippen LogP contribution in [0.3, 0.4) is 0 Å². The SMILES string of the molecule is C=C1CCOC1=N/C(C(=O)OCc1ccccc1)=C(\C)CC. The summed E-state index contributed by atoms with van der Waals surface area (Å²) < 4.78 is 10.8. The molecule has 1 fully saturated rings. The van der Waals surface area contributed by atoms with Gasteiger partial charge in [0.15, 0.2) is 5.70 Å². The van der Waals surface area contributed by atoms with Gasteiger partial charge in [0.05, 0.1) is 6.61 Å². The molecule has 0 radical (unpaired) electrons. The zero-order chi connectivity index (χ0) is 15.9. The van der Waals surface area contributed by atoms with Crippen molar-refractivity contribution < 1.29 is 14.3 Å². The number of benzene rings is 1. The predicted octanol–water partition coefficient (Wildman–Crippen LogP) is 3.79. The molecule has 0 bridgehead atoms. The minimum atomic E-state index is -0.431. The lowest BCUT2D eigenvalue weighted by Crippen LogP contribution is -2.11. The number of hydrogen-bond acceptors (Lipinski definition) is 4. The first-order valence-electron chi connectivity index (χ1n) is 7.42. The maximum Gasteiger partial charge on any atom is 0.357 e. The zero-order valence-electron chi connectivity index (χ0n) is 13.1. The number of allylic oxidation sites excluding steroid dienone is 1. The molecule has 1 aliphatic rings. The molecule has 0 amide bonds. The summed E-state index contributed by atoms with van der Waals surface area (Å²) in [5, 5.41) is 0. The third-order valence-electron chi connectivity index (χ3n) is 3.50. The number of carbonyl (C=O) groups excluding carboxylic acids is 1. The molecule has 116 valence electrons. The summed E-state index contributed by atoms with van der Waals surface area (Å²) in [6.45, 7) is 8.54. The summed E-state index contributed by atoms with van der Waals surface area (Å²) in [4.78, 5) is 16.7. The lowest BCUT2D eigenvalue weighted by molar-refractivity contribution is -0.140. The van der Waals surface area contributed by atoms with Crippen molar-refractivity contribution in [3.05, 3.63) is 59.3 Å². The van der Waals surface area contributed by atoms with Gasteiger partial charge in [-0.1, -0.05) is 43.8 Å². The summed E-state index contributed by atoms with van der Waals surface area (Å²) in [7, 11) is 0. The highest BCUT2D eigenvalue weighted by Gasteiger charge is 2.20. The fourth-order valence-corrected chi connectivity index (χ4v) is 1.97. The van der Waals surface area contributed by atoms with Crippen LogP contribution in [0, 0.1) is 0 Å². The van der Waals surface area contributed by atoms with E-state index in [-0.39, 0.29) is 6.61 Å². The molecule has 1 saturated heterocycles. The molecule has 0 N–H and O–H groups in total. The molecule has 1 aliphatic heterocycles. The van der Waals surface area contributed by atoms with Gasteiger partial charge in [0.1, 0.15) is 6.61 Å². The Morgan fingerprint density at radius 2 is 2.09 bits per heavy atom. The topological polar surface area (TPSA) is 47.9 Å². The van der Waals surface area contributed by atoms with Crippen LogP contribution >= 0.6 is 0 Å². The van der Waals surface area contributed by atoms with Crippen molar-refractivity contribution in [1.82, 2.24) is 0 Å². The number of hydrogen-bond donors (Lipinski definition) is 0. The van der Waals surface area contributed by atoms with Gasteiger partial charge in [-0.15, -0.1) is 0 Å². The molecular weight excluding hydrogens is 278 g/mol. The van der Waals surface area contributed by atoms with Gasteiger partial charge in [0, 0.05) is 12.0 Å². The van der Waals surface area contributed by atoms with Gasteiger partial charge in [-0.25, -0.2) is 9.79 Å². The number of nitrogens with zero attached hydrogens (tertiary/aromatic N) is 1. The summed E-state index contributed by atoms with van der Waals surface area (Å²) in [6, 6.07) is 9.57. The molecular formula is C18H21NO3. The van der Waals surface area contributed by atoms with Crippen molar-refractivity contribution in [3.63, 3.8) is 0 Å². The van der Waals surface area contributed by atoms with E-state index in [1.165, 1.54) is 0 Å². The number of rotatable bonds is 5. The Bertz CT molecular complexity index is 614. The van der Waals surface area contributed by atoms with E-state index < -0.39 is 5.97 Å². The van der Waals surface area contributed by atoms with E-state index >= 15 is 0 Å². The molecule has 1 aromatic rings. The van der Waals surface area contributed by atoms with Crippen LogP contribution in [-0.2, 0) is 20.9 Å². The van der Waals surface area contributed by atoms with E-state index in [0.717, 1.165) is 29.6 Å². The monoisotopic (exact) mass is 299 g/mol. The second kappa shape index (κ2) is 7.59. The molecule has 1 aromatic carbocycles. The van der Waals surface area contributed by atoms with Crippen LogP contribution < -0.4 is 0 Å². The first kappa shape index (κ1) is 16.0. The molecule has 0 spiro atoms. The van der Waals surface area contributed by atoms with Crippen LogP contribution in [-0.4, -0.2) is 18.5 Å². The van der Waals surface area contributed by atoms with Gasteiger partial charge in [-0.2, -0.15) is 0 Å². The fraction of sp³-hybridized carbons (Fsp3) is 0.333. The Kier molecular flexibility index (Phi) is 5.53. The highest BCUT2D eigenvalue weighted by molar-refractivity contribution is 5.99. The average molecular weight is 299 g/mol. The predicted molar refractivity (Wildman–Crippen MR) is 86.4 cm³/mol. The van der Waals surface area contributed by atoms with Gasteiger partial charge < -0.3 is 9.47 Å². The Morgan fingerprint density at radius 1 is 1.36 bits per heavy atom. The van der Waals surface area contributed by atoms with E-state index in [1.54, 1.807) is 0 Å². The third kappa shape index (κ3) is 4.07. The molecule has 0 saturated carbocycles. The van der Waals surface area contributed by atoms with E-state index in [9.17, 15) is 4.79 Å². The van der Waals surface area contributed by atoms with Crippen molar-refractivity contribution in [2.24, 2.45) is 4.99 Å². The van der Waals surface area contributed by atoms with Gasteiger partial charge in [-0.3, -0.25) is 0 Å². The second-order valence-corrected chi connectivity index (χ2v) is 5.16. The number of aliphatic imine (C=N–C) groups is 1. The summed E-state index contributed by atoms with van der Waals surface area (Å²) in [5.74, 6) is 0.0125. The molecule has 22 heavy (non-hydrogen) atoms. The van der Waals surface area contributed by atoms with Crippen molar-refractivity contribution in [2.45, 2.75) is 33.3 Å². The van der Waals surface area contributed by atoms with E-state index in [2.05, 4.69) is 11.6 Å². The van der Waals surface area contributed by atoms with Crippen LogP contribution in [0.25, 0.3) is 0 Å². The standard InChI is InChI=1S/C18H21NO3/c1-4-13(2)16(19-17-14(3)10-11-21-17)18(20)22-12-15-8-6-5-7-9-15/h5-9H,3-4,10-12H2,1-2H3/b16-13+,19-17?. The minimum absolute atomic E-state index is 0.229. The molecule has 4 heteroatoms. The second-order valence-electron chi connectivity index (χ2n) is 5.16. The molecule has 1 heterocycles. The van der Waals surface area contributed by atoms with Gasteiger partial charge in [-0.05, 0) is 24.5 Å². The Labute approximate surface area is 131 Å². The van der Waals surface area contributed by atoms with Crippen LogP contribution in [0.4, 0.5) is 0 Å². The molecule has 0 atom stereocenters. The maximum atomic E-state index is 12.3. The first-order chi connectivity index (χ1) is 10.6. The Hall–Kier alpha value is -2.36. The third-order valence-corrected chi connectivity index (χ3v) is 3.50. The smallest absolute Gasteiger partial charge is 0.357 e. The van der Waals surface area contributed by atoms with Gasteiger partial charge in [0.2, 0.25) is 5.90 Å². The number of esters is 1. The first-order valence-corrected chi connectivity index (χ1v) is 7.42. The summed E-state index contributed by atoms with van der Waals surface area (Å²) in [5.41, 5.74) is 2.95. The number of ether oxygens (including phenoxy) is 2. The lowest BCUT2D eigenvalue weighted by Gasteiger charge is -2.09. The molecule has 2 rings (SSSR count). The van der Waals surface area contributed by atoms with Gasteiger partial charge >= 0.3 is 5.97 Å². The van der Waals surface area contributed by atoms with Crippen molar-refractivity contribution in [2.75, 3.05) is 6.61 Å². The lowest BCUT2D eigenvalue weighted by atomic mass is 10.2. The van der Waals surface area contributed by atoms with E-state index in [1.807, 2.05) is 44.2 Å². The van der Waals surface area contributed by atoms with E-state index in [0.29, 0.717) is 18.2 Å². The molecule has 0 unspecified atom stereocenters. The minimum Gasteiger partial charge on any atom is -0.477 e. The van der Waals surface area contributed by atoms with Crippen LogP contribution in [0.5, 0.6) is 0 Å². The summed E-state index contributed by atoms with van der Waals surface area (Å²) >= 11 is 0. The maximum absolute atomic E-state index is 12.3. The highest BCUT2D eigenvalue weighted by Crippen LogP contribution is 2.19. The van der Waals surface area contributed by atoms with Crippen LogP contribution in [0.1, 0.15) is 32.3 Å². The molecule has 0 aliphatic carbocycles. The zero-order valence-corrected chi connectivity index (χ0v) is 13.1. The quantitative estimate of drug-likeness (QED) is 0.614. The highest BCUT2D eigenvalue weighted by atomic mass is 16.5. The Morgan fingerprint density at radius 3 is 2.68 bits per heavy atom. The fourth-order valence-electron chi connectivity index (χ4n) is 1.97. The Balaban J connectivity index is 2.12. The van der Waals surface area contributed by atoms with Crippen molar-refractivity contribution in [1.29, 1.82) is 0 Å². The number of carbonyl (C=O) groups is 1. The van der Waals surface area contributed by atoms with Crippen molar-refractivity contribution in [3.8, 4) is 0 Å². The summed E-state index contributed by atoms with van der Waals surface area (Å²) in [6.07, 6.45) is 1.47.